The van der Waals surface area contributed by atoms with Crippen LogP contribution in [0.5, 0.6) is 0 Å². The molecule has 3 aromatic heterocycles. The third-order valence-corrected chi connectivity index (χ3v) is 8.62. The van der Waals surface area contributed by atoms with Crippen molar-refractivity contribution in [2.75, 3.05) is 6.54 Å². The van der Waals surface area contributed by atoms with Crippen molar-refractivity contribution in [3.8, 4) is 0 Å². The van der Waals surface area contributed by atoms with E-state index >= 15 is 0 Å². The highest BCUT2D eigenvalue weighted by molar-refractivity contribution is 7.71. The maximum absolute atomic E-state index is 13.4. The molecule has 12 nitrogen and oxygen atoms in total. The number of oxazole rings is 1. The molecular formula is C26H27N7O5S. The van der Waals surface area contributed by atoms with E-state index < -0.39 is 23.2 Å². The van der Waals surface area contributed by atoms with E-state index in [9.17, 15) is 19.5 Å². The summed E-state index contributed by atoms with van der Waals surface area (Å²) in [4.78, 5) is 46.8. The number of carboxylic acid groups (broad SMARTS) is 1. The molecular weight excluding hydrogens is 522 g/mol. The molecule has 13 heteroatoms. The van der Waals surface area contributed by atoms with Crippen LogP contribution in [0.1, 0.15) is 71.0 Å². The first kappa shape index (κ1) is 25.2. The average Bonchev–Trinajstić information content (AvgIpc) is 3.51. The van der Waals surface area contributed by atoms with Gasteiger partial charge >= 0.3 is 5.97 Å². The van der Waals surface area contributed by atoms with Gasteiger partial charge in [-0.1, -0.05) is 6.07 Å². The van der Waals surface area contributed by atoms with Crippen LogP contribution in [0.4, 0.5) is 0 Å². The number of aromatic nitrogens is 5. The summed E-state index contributed by atoms with van der Waals surface area (Å²) in [6.07, 6.45) is 4.13. The molecule has 0 unspecified atom stereocenters. The molecule has 4 aromatic rings. The number of H-pyrrole nitrogens is 1. The SMILES string of the molecule is Cc1nc2cc(CNC(=O)c3cc(C(=O)NCC45CCC(C(=O)O)(CC4)CC5)n4c(=S)[nH]nc4n3)ccc2o1. The van der Waals surface area contributed by atoms with Crippen LogP contribution in [0, 0.1) is 22.5 Å². The summed E-state index contributed by atoms with van der Waals surface area (Å²) in [7, 11) is 0. The molecule has 7 rings (SSSR count). The Kier molecular flexibility index (Phi) is 5.97. The standard InChI is InChI=1S/C26H27N7O5S/c1-14-29-16-10-15(2-3-19(16)38-14)12-27-20(34)17-11-18(33-23(30-17)31-32-24(33)39)21(35)28-13-25-4-7-26(8-5-25,9-6-25)22(36)37/h2-3,10-11H,4-9,12-13H2,1H3,(H,27,34)(H,28,35)(H,32,39)(H,36,37). The van der Waals surface area contributed by atoms with E-state index in [4.69, 9.17) is 16.6 Å². The van der Waals surface area contributed by atoms with Crippen LogP contribution in [0.3, 0.4) is 0 Å². The van der Waals surface area contributed by atoms with Gasteiger partial charge in [0.05, 0.1) is 5.41 Å². The van der Waals surface area contributed by atoms with Crippen molar-refractivity contribution < 1.29 is 23.9 Å². The number of hydrogen-bond donors (Lipinski definition) is 4. The van der Waals surface area contributed by atoms with Gasteiger partial charge in [0.25, 0.3) is 17.6 Å². The molecule has 3 aliphatic rings. The summed E-state index contributed by atoms with van der Waals surface area (Å²) in [5.41, 5.74) is 1.63. The maximum Gasteiger partial charge on any atom is 0.309 e. The Balaban J connectivity index is 1.18. The lowest BCUT2D eigenvalue weighted by Gasteiger charge is -2.51. The largest absolute Gasteiger partial charge is 0.481 e. The number of nitrogens with zero attached hydrogens (tertiary/aromatic N) is 4. The molecule has 0 aliphatic heterocycles. The van der Waals surface area contributed by atoms with E-state index in [0.717, 1.165) is 24.8 Å². The number of aromatic amines is 1. The third kappa shape index (κ3) is 4.46. The second kappa shape index (κ2) is 9.26. The number of aryl methyl sites for hydroxylation is 1. The lowest BCUT2D eigenvalue weighted by molar-refractivity contribution is -0.158. The summed E-state index contributed by atoms with van der Waals surface area (Å²) in [5.74, 6) is -0.923. The predicted molar refractivity (Wildman–Crippen MR) is 141 cm³/mol. The van der Waals surface area contributed by atoms with Crippen molar-refractivity contribution >= 4 is 46.9 Å². The number of carbonyl (C=O) groups excluding carboxylic acids is 2. The van der Waals surface area contributed by atoms with Crippen LogP contribution in [-0.2, 0) is 11.3 Å². The summed E-state index contributed by atoms with van der Waals surface area (Å²) in [5, 5.41) is 22.2. The van der Waals surface area contributed by atoms with Crippen molar-refractivity contribution in [3.63, 3.8) is 0 Å². The normalized spacial score (nSPS) is 22.3. The Morgan fingerprint density at radius 1 is 1.08 bits per heavy atom. The monoisotopic (exact) mass is 549 g/mol. The predicted octanol–water partition coefficient (Wildman–Crippen LogP) is 3.32. The molecule has 0 atom stereocenters. The first-order valence-electron chi connectivity index (χ1n) is 12.8. The molecule has 3 heterocycles. The molecule has 3 fully saturated rings. The molecule has 39 heavy (non-hydrogen) atoms. The van der Waals surface area contributed by atoms with Gasteiger partial charge in [-0.3, -0.25) is 14.4 Å². The van der Waals surface area contributed by atoms with Gasteiger partial charge in [-0.05, 0) is 79.9 Å². The fraction of sp³-hybridized carbons (Fsp3) is 0.423. The van der Waals surface area contributed by atoms with Crippen LogP contribution in [0.15, 0.2) is 28.7 Å². The Bertz CT molecular complexity index is 1680. The zero-order valence-electron chi connectivity index (χ0n) is 21.2. The van der Waals surface area contributed by atoms with Gasteiger partial charge < -0.3 is 20.2 Å². The molecule has 3 aliphatic carbocycles. The molecule has 202 valence electrons. The van der Waals surface area contributed by atoms with Gasteiger partial charge in [0.15, 0.2) is 11.5 Å². The van der Waals surface area contributed by atoms with Gasteiger partial charge in [-0.25, -0.2) is 19.5 Å². The highest BCUT2D eigenvalue weighted by atomic mass is 32.1. The number of carbonyl (C=O) groups is 3. The van der Waals surface area contributed by atoms with Gasteiger partial charge in [-0.15, -0.1) is 5.10 Å². The van der Waals surface area contributed by atoms with Gasteiger partial charge in [0.2, 0.25) is 4.77 Å². The third-order valence-electron chi connectivity index (χ3n) is 8.35. The fourth-order valence-corrected chi connectivity index (χ4v) is 6.10. The van der Waals surface area contributed by atoms with Crippen LogP contribution >= 0.6 is 12.2 Å². The average molecular weight is 550 g/mol. The van der Waals surface area contributed by atoms with Crippen molar-refractivity contribution in [3.05, 3.63) is 51.9 Å². The van der Waals surface area contributed by atoms with Gasteiger partial charge in [0.1, 0.15) is 16.9 Å². The number of fused-ring (bicyclic) bond motifs is 5. The summed E-state index contributed by atoms with van der Waals surface area (Å²) in [6.45, 7) is 2.41. The number of amides is 2. The quantitative estimate of drug-likeness (QED) is 0.253. The first-order chi connectivity index (χ1) is 18.7. The number of nitrogens with one attached hydrogen (secondary N) is 3. The van der Waals surface area contributed by atoms with E-state index in [1.807, 2.05) is 12.1 Å². The number of benzene rings is 1. The zero-order chi connectivity index (χ0) is 27.4. The van der Waals surface area contributed by atoms with Gasteiger partial charge in [0, 0.05) is 20.0 Å². The van der Waals surface area contributed by atoms with Crippen molar-refractivity contribution in [2.45, 2.75) is 52.0 Å². The van der Waals surface area contributed by atoms with E-state index in [-0.39, 0.29) is 33.9 Å². The van der Waals surface area contributed by atoms with Crippen LogP contribution in [0.2, 0.25) is 0 Å². The molecule has 2 bridgehead atoms. The smallest absolute Gasteiger partial charge is 0.309 e. The minimum absolute atomic E-state index is 0.0275. The Morgan fingerprint density at radius 2 is 1.82 bits per heavy atom. The van der Waals surface area contributed by atoms with Crippen molar-refractivity contribution in [1.29, 1.82) is 0 Å². The molecule has 3 saturated carbocycles. The topological polar surface area (TPSA) is 168 Å². The Labute approximate surface area is 227 Å². The molecule has 0 saturated heterocycles. The molecule has 4 N–H and O–H groups in total. The highest BCUT2D eigenvalue weighted by Gasteiger charge is 2.52. The zero-order valence-corrected chi connectivity index (χ0v) is 22.1. The van der Waals surface area contributed by atoms with E-state index in [0.29, 0.717) is 42.8 Å². The van der Waals surface area contributed by atoms with Crippen LogP contribution < -0.4 is 10.6 Å². The fourth-order valence-electron chi connectivity index (χ4n) is 5.88. The Morgan fingerprint density at radius 3 is 2.54 bits per heavy atom. The van der Waals surface area contributed by atoms with Crippen molar-refractivity contribution in [1.82, 2.24) is 35.2 Å². The van der Waals surface area contributed by atoms with Crippen molar-refractivity contribution in [2.24, 2.45) is 10.8 Å². The maximum atomic E-state index is 13.4. The molecule has 0 radical (unpaired) electrons. The van der Waals surface area contributed by atoms with E-state index in [2.05, 4.69) is 30.8 Å². The summed E-state index contributed by atoms with van der Waals surface area (Å²) >= 11 is 5.31. The van der Waals surface area contributed by atoms with E-state index in [1.54, 1.807) is 13.0 Å². The second-order valence-electron chi connectivity index (χ2n) is 10.7. The van der Waals surface area contributed by atoms with E-state index in [1.165, 1.54) is 10.5 Å². The lowest BCUT2D eigenvalue weighted by atomic mass is 9.53. The number of aliphatic carboxylic acids is 1. The summed E-state index contributed by atoms with van der Waals surface area (Å²) in [6, 6.07) is 6.88. The van der Waals surface area contributed by atoms with Gasteiger partial charge in [-0.2, -0.15) is 0 Å². The minimum atomic E-state index is -0.715. The molecule has 1 aromatic carbocycles. The lowest BCUT2D eigenvalue weighted by Crippen LogP contribution is -2.50. The minimum Gasteiger partial charge on any atom is -0.481 e. The van der Waals surface area contributed by atoms with Crippen LogP contribution in [-0.4, -0.2) is 54.0 Å². The Hall–Kier alpha value is -4.13. The number of rotatable bonds is 7. The molecule has 2 amide bonds. The molecule has 0 spiro atoms. The number of carboxylic acids is 1. The van der Waals surface area contributed by atoms with Crippen LogP contribution in [0.25, 0.3) is 16.9 Å². The highest BCUT2D eigenvalue weighted by Crippen LogP contribution is 2.56. The summed E-state index contributed by atoms with van der Waals surface area (Å²) < 4.78 is 7.08. The second-order valence-corrected chi connectivity index (χ2v) is 11.1. The first-order valence-corrected chi connectivity index (χ1v) is 13.2. The number of hydrogen-bond acceptors (Lipinski definition) is 8.